The summed E-state index contributed by atoms with van der Waals surface area (Å²) in [5.41, 5.74) is 3.64. The number of benzene rings is 2. The standard InChI is InChI=1S/C24H30N2O4S/c27-24(19-31(28,29)16-4-7-20-5-2-1-3-6-20)26-13-11-25(12-14-26)18-21-8-9-23-22(17-21)10-15-30-23/h1-3,5-6,8-9,17H,4,7,10-16,18-19H2. The van der Waals surface area contributed by atoms with Gasteiger partial charge in [-0.3, -0.25) is 9.69 Å². The summed E-state index contributed by atoms with van der Waals surface area (Å²) >= 11 is 0. The molecule has 0 unspecified atom stereocenters. The van der Waals surface area contributed by atoms with Gasteiger partial charge in [0.15, 0.2) is 9.84 Å². The number of ether oxygens (including phenoxy) is 1. The molecule has 1 saturated heterocycles. The van der Waals surface area contributed by atoms with Crippen LogP contribution in [0.15, 0.2) is 48.5 Å². The molecule has 2 heterocycles. The van der Waals surface area contributed by atoms with Gasteiger partial charge in [0.25, 0.3) is 0 Å². The molecule has 2 aromatic carbocycles. The Morgan fingerprint density at radius 2 is 1.74 bits per heavy atom. The quantitative estimate of drug-likeness (QED) is 0.628. The molecular weight excluding hydrogens is 412 g/mol. The molecule has 0 N–H and O–H groups in total. The van der Waals surface area contributed by atoms with Crippen molar-refractivity contribution in [2.75, 3.05) is 44.3 Å². The Morgan fingerprint density at radius 3 is 2.52 bits per heavy atom. The Labute approximate surface area is 184 Å². The largest absolute Gasteiger partial charge is 0.493 e. The lowest BCUT2D eigenvalue weighted by molar-refractivity contribution is -0.130. The highest BCUT2D eigenvalue weighted by Crippen LogP contribution is 2.26. The number of nitrogens with zero attached hydrogens (tertiary/aromatic N) is 2. The first-order valence-corrected chi connectivity index (χ1v) is 12.8. The summed E-state index contributed by atoms with van der Waals surface area (Å²) in [4.78, 5) is 16.6. The van der Waals surface area contributed by atoms with Crippen LogP contribution in [0.2, 0.25) is 0 Å². The van der Waals surface area contributed by atoms with E-state index in [1.165, 1.54) is 11.1 Å². The molecule has 2 aliphatic rings. The number of rotatable bonds is 8. The van der Waals surface area contributed by atoms with E-state index in [0.29, 0.717) is 25.9 Å². The maximum atomic E-state index is 12.6. The first-order valence-electron chi connectivity index (χ1n) is 11.0. The van der Waals surface area contributed by atoms with E-state index in [-0.39, 0.29) is 17.4 Å². The van der Waals surface area contributed by atoms with Crippen molar-refractivity contribution < 1.29 is 17.9 Å². The van der Waals surface area contributed by atoms with Crippen LogP contribution in [0.5, 0.6) is 5.75 Å². The molecule has 0 aliphatic carbocycles. The molecule has 6 nitrogen and oxygen atoms in total. The number of piperazine rings is 1. The lowest BCUT2D eigenvalue weighted by Crippen LogP contribution is -2.49. The third kappa shape index (κ3) is 6.08. The van der Waals surface area contributed by atoms with Crippen LogP contribution in [0.1, 0.15) is 23.1 Å². The minimum atomic E-state index is -3.38. The molecule has 4 rings (SSSR count). The molecule has 2 aliphatic heterocycles. The van der Waals surface area contributed by atoms with E-state index in [9.17, 15) is 13.2 Å². The van der Waals surface area contributed by atoms with Crippen molar-refractivity contribution >= 4 is 15.7 Å². The third-order valence-electron chi connectivity index (χ3n) is 5.99. The Bertz CT molecular complexity index is 999. The highest BCUT2D eigenvalue weighted by atomic mass is 32.2. The van der Waals surface area contributed by atoms with Gasteiger partial charge >= 0.3 is 0 Å². The molecule has 0 saturated carbocycles. The zero-order valence-electron chi connectivity index (χ0n) is 17.8. The van der Waals surface area contributed by atoms with E-state index in [2.05, 4.69) is 17.0 Å². The van der Waals surface area contributed by atoms with Crippen LogP contribution < -0.4 is 4.74 Å². The van der Waals surface area contributed by atoms with Crippen LogP contribution >= 0.6 is 0 Å². The SMILES string of the molecule is O=C(CS(=O)(=O)CCCc1ccccc1)N1CCN(Cc2ccc3c(c2)CCO3)CC1. The second kappa shape index (κ2) is 9.83. The minimum Gasteiger partial charge on any atom is -0.493 e. The van der Waals surface area contributed by atoms with E-state index in [4.69, 9.17) is 4.74 Å². The Hall–Kier alpha value is -2.38. The summed E-state index contributed by atoms with van der Waals surface area (Å²) < 4.78 is 30.4. The van der Waals surface area contributed by atoms with Gasteiger partial charge in [-0.05, 0) is 35.6 Å². The summed E-state index contributed by atoms with van der Waals surface area (Å²) in [6.45, 7) is 4.27. The van der Waals surface area contributed by atoms with Gasteiger partial charge in [-0.1, -0.05) is 42.5 Å². The van der Waals surface area contributed by atoms with Crippen LogP contribution in [0.4, 0.5) is 0 Å². The average Bonchev–Trinajstić information content (AvgIpc) is 3.22. The molecule has 0 spiro atoms. The zero-order chi connectivity index (χ0) is 21.7. The highest BCUT2D eigenvalue weighted by molar-refractivity contribution is 7.92. The number of amides is 1. The normalized spacial score (nSPS) is 16.7. The summed E-state index contributed by atoms with van der Waals surface area (Å²) in [6.07, 6.45) is 2.21. The molecule has 31 heavy (non-hydrogen) atoms. The number of carbonyl (C=O) groups is 1. The number of fused-ring (bicyclic) bond motifs is 1. The molecule has 7 heteroatoms. The fourth-order valence-corrected chi connectivity index (χ4v) is 5.53. The van der Waals surface area contributed by atoms with Crippen molar-refractivity contribution in [2.24, 2.45) is 0 Å². The van der Waals surface area contributed by atoms with Gasteiger partial charge in [-0.25, -0.2) is 8.42 Å². The van der Waals surface area contributed by atoms with Crippen molar-refractivity contribution in [2.45, 2.75) is 25.8 Å². The summed E-state index contributed by atoms with van der Waals surface area (Å²) in [5, 5.41) is 0. The molecule has 0 bridgehead atoms. The first-order chi connectivity index (χ1) is 15.0. The minimum absolute atomic E-state index is 0.0512. The van der Waals surface area contributed by atoms with Crippen LogP contribution in [0.25, 0.3) is 0 Å². The lowest BCUT2D eigenvalue weighted by Gasteiger charge is -2.34. The molecule has 0 aromatic heterocycles. The predicted molar refractivity (Wildman–Crippen MR) is 121 cm³/mol. The molecular formula is C24H30N2O4S. The number of hydrogen-bond donors (Lipinski definition) is 0. The Balaban J connectivity index is 1.20. The Morgan fingerprint density at radius 1 is 0.968 bits per heavy atom. The number of carbonyl (C=O) groups excluding carboxylic acids is 1. The van der Waals surface area contributed by atoms with Crippen molar-refractivity contribution in [3.05, 3.63) is 65.2 Å². The summed E-state index contributed by atoms with van der Waals surface area (Å²) in [6, 6.07) is 16.2. The number of aryl methyl sites for hydroxylation is 1. The monoisotopic (exact) mass is 442 g/mol. The third-order valence-corrected chi connectivity index (χ3v) is 7.59. The lowest BCUT2D eigenvalue weighted by atomic mass is 10.1. The van der Waals surface area contributed by atoms with Crippen molar-refractivity contribution in [1.82, 2.24) is 9.80 Å². The average molecular weight is 443 g/mol. The number of sulfone groups is 1. The fourth-order valence-electron chi connectivity index (χ4n) is 4.24. The smallest absolute Gasteiger partial charge is 0.237 e. The van der Waals surface area contributed by atoms with Crippen molar-refractivity contribution in [3.63, 3.8) is 0 Å². The fraction of sp³-hybridized carbons (Fsp3) is 0.458. The second-order valence-corrected chi connectivity index (χ2v) is 10.6. The van der Waals surface area contributed by atoms with Crippen LogP contribution in [-0.4, -0.2) is 68.4 Å². The van der Waals surface area contributed by atoms with Crippen molar-refractivity contribution in [3.8, 4) is 5.75 Å². The first kappa shape index (κ1) is 21.8. The molecule has 1 fully saturated rings. The summed E-state index contributed by atoms with van der Waals surface area (Å²) in [7, 11) is -3.38. The van der Waals surface area contributed by atoms with Crippen molar-refractivity contribution in [1.29, 1.82) is 0 Å². The van der Waals surface area contributed by atoms with Gasteiger partial charge in [0, 0.05) is 39.1 Å². The number of hydrogen-bond acceptors (Lipinski definition) is 5. The van der Waals surface area contributed by atoms with E-state index >= 15 is 0 Å². The van der Waals surface area contributed by atoms with E-state index in [1.54, 1.807) is 4.90 Å². The highest BCUT2D eigenvalue weighted by Gasteiger charge is 2.25. The Kier molecular flexibility index (Phi) is 6.92. The molecule has 0 atom stereocenters. The van der Waals surface area contributed by atoms with Gasteiger partial charge in [0.1, 0.15) is 11.5 Å². The predicted octanol–water partition coefficient (Wildman–Crippen LogP) is 2.31. The topological polar surface area (TPSA) is 66.9 Å². The van der Waals surface area contributed by atoms with Crippen LogP contribution in [-0.2, 0) is 34.0 Å². The van der Waals surface area contributed by atoms with Gasteiger partial charge in [0.05, 0.1) is 12.4 Å². The van der Waals surface area contributed by atoms with Gasteiger partial charge in [-0.15, -0.1) is 0 Å². The zero-order valence-corrected chi connectivity index (χ0v) is 18.6. The maximum absolute atomic E-state index is 12.6. The molecule has 1 amide bonds. The van der Waals surface area contributed by atoms with Crippen LogP contribution in [0.3, 0.4) is 0 Å². The molecule has 2 aromatic rings. The second-order valence-electron chi connectivity index (χ2n) is 8.38. The van der Waals surface area contributed by atoms with Gasteiger partial charge in [-0.2, -0.15) is 0 Å². The summed E-state index contributed by atoms with van der Waals surface area (Å²) in [5.74, 6) is 0.389. The van der Waals surface area contributed by atoms with Crippen LogP contribution in [0, 0.1) is 0 Å². The molecule has 166 valence electrons. The van der Waals surface area contributed by atoms with Gasteiger partial charge < -0.3 is 9.64 Å². The molecule has 0 radical (unpaired) electrons. The van der Waals surface area contributed by atoms with E-state index in [1.807, 2.05) is 36.4 Å². The maximum Gasteiger partial charge on any atom is 0.237 e. The van der Waals surface area contributed by atoms with Gasteiger partial charge in [0.2, 0.25) is 5.91 Å². The van der Waals surface area contributed by atoms with E-state index < -0.39 is 9.84 Å². The van der Waals surface area contributed by atoms with E-state index in [0.717, 1.165) is 44.0 Å².